The zero-order chi connectivity index (χ0) is 18.6. The van der Waals surface area contributed by atoms with E-state index in [-0.39, 0.29) is 29.4 Å². The maximum absolute atomic E-state index is 13.1. The molecule has 0 unspecified atom stereocenters. The summed E-state index contributed by atoms with van der Waals surface area (Å²) in [5.74, 6) is 0.846. The van der Waals surface area contributed by atoms with Gasteiger partial charge in [-0.3, -0.25) is 4.79 Å². The van der Waals surface area contributed by atoms with E-state index in [1.165, 1.54) is 11.1 Å². The molecule has 0 radical (unpaired) electrons. The van der Waals surface area contributed by atoms with Crippen LogP contribution in [0.4, 0.5) is 0 Å². The number of ether oxygens (including phenoxy) is 1. The largest absolute Gasteiger partial charge is 0.368 e. The molecule has 7 heteroatoms. The van der Waals surface area contributed by atoms with Gasteiger partial charge >= 0.3 is 0 Å². The zero-order valence-electron chi connectivity index (χ0n) is 15.5. The molecule has 3 saturated heterocycles. The van der Waals surface area contributed by atoms with E-state index in [4.69, 9.17) is 10.5 Å². The first-order chi connectivity index (χ1) is 13.1. The summed E-state index contributed by atoms with van der Waals surface area (Å²) in [6.07, 6.45) is 3.57. The molecule has 1 amide bonds. The lowest BCUT2D eigenvalue weighted by Gasteiger charge is -2.27. The van der Waals surface area contributed by atoms with Crippen LogP contribution in [0.25, 0.3) is 0 Å². The smallest absolute Gasteiger partial charge is 0.229 e. The van der Waals surface area contributed by atoms with E-state index in [0.29, 0.717) is 26.2 Å². The van der Waals surface area contributed by atoms with Gasteiger partial charge < -0.3 is 15.4 Å². The molecule has 1 aromatic heterocycles. The van der Waals surface area contributed by atoms with Crippen molar-refractivity contribution in [2.24, 2.45) is 11.7 Å². The van der Waals surface area contributed by atoms with Gasteiger partial charge in [-0.1, -0.05) is 29.8 Å². The van der Waals surface area contributed by atoms with Gasteiger partial charge in [-0.05, 0) is 25.3 Å². The van der Waals surface area contributed by atoms with Gasteiger partial charge in [0.2, 0.25) is 5.91 Å². The number of nitrogens with zero attached hydrogens (tertiary/aromatic N) is 4. The van der Waals surface area contributed by atoms with Gasteiger partial charge in [0, 0.05) is 13.1 Å². The number of likely N-dealkylation sites (tertiary alicyclic amines) is 1. The van der Waals surface area contributed by atoms with E-state index in [2.05, 4.69) is 41.3 Å². The van der Waals surface area contributed by atoms with Crippen LogP contribution in [0, 0.1) is 12.8 Å². The highest BCUT2D eigenvalue weighted by Gasteiger charge is 2.68. The number of amides is 1. The topological polar surface area (TPSA) is 86.3 Å². The number of fused-ring (bicyclic) bond motifs is 1. The first-order valence-corrected chi connectivity index (χ1v) is 9.71. The van der Waals surface area contributed by atoms with Crippen LogP contribution in [0.1, 0.15) is 35.7 Å². The molecular weight excluding hydrogens is 342 g/mol. The minimum Gasteiger partial charge on any atom is -0.368 e. The third-order valence-electron chi connectivity index (χ3n) is 6.36. The quantitative estimate of drug-likeness (QED) is 0.854. The molecule has 3 fully saturated rings. The van der Waals surface area contributed by atoms with Crippen molar-refractivity contribution in [2.75, 3.05) is 19.6 Å². The fourth-order valence-electron chi connectivity index (χ4n) is 5.32. The number of aryl methyl sites for hydroxylation is 1. The van der Waals surface area contributed by atoms with Crippen molar-refractivity contribution in [3.8, 4) is 0 Å². The summed E-state index contributed by atoms with van der Waals surface area (Å²) in [5.41, 5.74) is 7.75. The van der Waals surface area contributed by atoms with E-state index < -0.39 is 0 Å². The molecule has 1 spiro atoms. The molecular formula is C20H25N5O2. The third kappa shape index (κ3) is 2.52. The summed E-state index contributed by atoms with van der Waals surface area (Å²) in [6, 6.07) is 8.40. The molecule has 3 aliphatic heterocycles. The minimum absolute atomic E-state index is 0.0265. The minimum atomic E-state index is -0.359. The van der Waals surface area contributed by atoms with Crippen molar-refractivity contribution in [3.05, 3.63) is 47.5 Å². The van der Waals surface area contributed by atoms with E-state index in [9.17, 15) is 4.79 Å². The normalized spacial score (nSPS) is 31.7. The maximum atomic E-state index is 13.1. The Morgan fingerprint density at radius 3 is 3.11 bits per heavy atom. The summed E-state index contributed by atoms with van der Waals surface area (Å²) in [6.45, 7) is 4.47. The van der Waals surface area contributed by atoms with E-state index in [1.807, 2.05) is 9.58 Å². The molecule has 2 bridgehead atoms. The Labute approximate surface area is 158 Å². The van der Waals surface area contributed by atoms with E-state index in [1.54, 1.807) is 6.33 Å². The number of carbonyl (C=O) groups excluding carboxylic acids is 1. The van der Waals surface area contributed by atoms with Gasteiger partial charge in [-0.2, -0.15) is 5.10 Å². The summed E-state index contributed by atoms with van der Waals surface area (Å²) in [4.78, 5) is 19.6. The second kappa shape index (κ2) is 6.14. The summed E-state index contributed by atoms with van der Waals surface area (Å²) in [7, 11) is 0. The van der Waals surface area contributed by atoms with Gasteiger partial charge in [-0.25, -0.2) is 9.67 Å². The molecule has 2 aromatic rings. The first kappa shape index (κ1) is 16.9. The monoisotopic (exact) mass is 367 g/mol. The van der Waals surface area contributed by atoms with Crippen LogP contribution in [0.5, 0.6) is 0 Å². The second-order valence-electron chi connectivity index (χ2n) is 8.08. The SMILES string of the molecule is Cc1cccc(Cn2ncnc2[C@H]2[C@@H]3CC[C@@]4(CN(CCN)C(=O)[C@@H]24)O3)c1. The lowest BCUT2D eigenvalue weighted by atomic mass is 9.73. The molecule has 4 heterocycles. The zero-order valence-corrected chi connectivity index (χ0v) is 15.5. The molecule has 7 nitrogen and oxygen atoms in total. The third-order valence-corrected chi connectivity index (χ3v) is 6.36. The van der Waals surface area contributed by atoms with Gasteiger partial charge in [-0.15, -0.1) is 0 Å². The molecule has 142 valence electrons. The maximum Gasteiger partial charge on any atom is 0.229 e. The number of aromatic nitrogens is 3. The van der Waals surface area contributed by atoms with Crippen molar-refractivity contribution in [2.45, 2.75) is 43.9 Å². The number of rotatable bonds is 5. The van der Waals surface area contributed by atoms with Crippen molar-refractivity contribution < 1.29 is 9.53 Å². The molecule has 0 aliphatic carbocycles. The lowest BCUT2D eigenvalue weighted by molar-refractivity contribution is -0.131. The molecule has 27 heavy (non-hydrogen) atoms. The molecule has 0 saturated carbocycles. The van der Waals surface area contributed by atoms with E-state index in [0.717, 1.165) is 18.7 Å². The fourth-order valence-corrected chi connectivity index (χ4v) is 5.32. The molecule has 5 rings (SSSR count). The van der Waals surface area contributed by atoms with Crippen LogP contribution in [-0.2, 0) is 16.1 Å². The lowest BCUT2D eigenvalue weighted by Crippen LogP contribution is -2.38. The van der Waals surface area contributed by atoms with Gasteiger partial charge in [0.1, 0.15) is 12.2 Å². The number of hydrogen-bond acceptors (Lipinski definition) is 5. The Kier molecular flexibility index (Phi) is 3.84. The van der Waals surface area contributed by atoms with Crippen molar-refractivity contribution in [1.82, 2.24) is 19.7 Å². The average molecular weight is 367 g/mol. The molecule has 3 aliphatic rings. The van der Waals surface area contributed by atoms with E-state index >= 15 is 0 Å². The van der Waals surface area contributed by atoms with Gasteiger partial charge in [0.25, 0.3) is 0 Å². The summed E-state index contributed by atoms with van der Waals surface area (Å²) < 4.78 is 8.35. The van der Waals surface area contributed by atoms with Crippen LogP contribution in [0.2, 0.25) is 0 Å². The Balaban J connectivity index is 1.47. The first-order valence-electron chi connectivity index (χ1n) is 9.71. The molecule has 2 N–H and O–H groups in total. The van der Waals surface area contributed by atoms with Crippen LogP contribution >= 0.6 is 0 Å². The predicted molar refractivity (Wildman–Crippen MR) is 99.0 cm³/mol. The predicted octanol–water partition coefficient (Wildman–Crippen LogP) is 1.07. The van der Waals surface area contributed by atoms with Crippen molar-refractivity contribution in [1.29, 1.82) is 0 Å². The molecule has 1 aromatic carbocycles. The number of nitrogens with two attached hydrogens (primary N) is 1. The van der Waals surface area contributed by atoms with Crippen LogP contribution < -0.4 is 5.73 Å². The van der Waals surface area contributed by atoms with Crippen molar-refractivity contribution in [3.63, 3.8) is 0 Å². The fraction of sp³-hybridized carbons (Fsp3) is 0.550. The second-order valence-corrected chi connectivity index (χ2v) is 8.08. The highest BCUT2D eigenvalue weighted by molar-refractivity contribution is 5.85. The highest BCUT2D eigenvalue weighted by Crippen LogP contribution is 2.58. The Morgan fingerprint density at radius 2 is 2.30 bits per heavy atom. The van der Waals surface area contributed by atoms with Gasteiger partial charge in [0.15, 0.2) is 0 Å². The van der Waals surface area contributed by atoms with Crippen molar-refractivity contribution >= 4 is 5.91 Å². The number of carbonyl (C=O) groups is 1. The Bertz CT molecular complexity index is 881. The average Bonchev–Trinajstić information content (AvgIpc) is 3.38. The summed E-state index contributed by atoms with van der Waals surface area (Å²) >= 11 is 0. The number of benzene rings is 1. The van der Waals surface area contributed by atoms with Crippen LogP contribution in [-0.4, -0.2) is 56.9 Å². The van der Waals surface area contributed by atoms with Gasteiger partial charge in [0.05, 0.1) is 36.6 Å². The molecule has 4 atom stereocenters. The Morgan fingerprint density at radius 1 is 1.41 bits per heavy atom. The van der Waals surface area contributed by atoms with Crippen LogP contribution in [0.3, 0.4) is 0 Å². The number of hydrogen-bond donors (Lipinski definition) is 1. The highest BCUT2D eigenvalue weighted by atomic mass is 16.5. The Hall–Kier alpha value is -2.25. The standard InChI is InChI=1S/C20H25N5O2/c1-13-3-2-4-14(9-13)10-25-18(22-12-23-25)16-15-5-6-20(27-15)11-24(8-7-21)19(26)17(16)20/h2-4,9,12,15-17H,5-8,10-11,21H2,1H3/t15-,16-,17+,20-/m0/s1. The summed E-state index contributed by atoms with van der Waals surface area (Å²) in [5, 5.41) is 4.47. The van der Waals surface area contributed by atoms with Crippen LogP contribution in [0.15, 0.2) is 30.6 Å².